The molecule has 0 amide bonds. The van der Waals surface area contributed by atoms with Crippen molar-refractivity contribution in [2.24, 2.45) is 0 Å². The summed E-state index contributed by atoms with van der Waals surface area (Å²) in [5, 5.41) is 4.10. The molecule has 7 nitrogen and oxygen atoms in total. The van der Waals surface area contributed by atoms with Gasteiger partial charge in [0.2, 0.25) is 5.89 Å². The third-order valence-electron chi connectivity index (χ3n) is 4.79. The largest absolute Gasteiger partial charge is 0.444 e. The first-order valence-corrected chi connectivity index (χ1v) is 8.69. The molecule has 7 heteroatoms. The number of hydrogen-bond acceptors (Lipinski definition) is 6. The molecule has 128 valence electrons. The maximum Gasteiger partial charge on any atom is 0.266 e. The van der Waals surface area contributed by atoms with Crippen molar-refractivity contribution in [3.8, 4) is 0 Å². The van der Waals surface area contributed by atoms with E-state index in [9.17, 15) is 4.79 Å². The lowest BCUT2D eigenvalue weighted by molar-refractivity contribution is 0.115. The van der Waals surface area contributed by atoms with Crippen molar-refractivity contribution in [3.63, 3.8) is 0 Å². The Labute approximate surface area is 140 Å². The van der Waals surface area contributed by atoms with Crippen LogP contribution in [0.1, 0.15) is 30.4 Å². The van der Waals surface area contributed by atoms with Crippen molar-refractivity contribution in [1.29, 1.82) is 0 Å². The molecule has 0 bridgehead atoms. The van der Waals surface area contributed by atoms with Crippen molar-refractivity contribution in [3.05, 3.63) is 46.5 Å². The number of hydrogen-bond donors (Lipinski definition) is 0. The maximum absolute atomic E-state index is 11.7. The summed E-state index contributed by atoms with van der Waals surface area (Å²) in [6, 6.07) is 3.23. The first-order valence-electron chi connectivity index (χ1n) is 8.69. The van der Waals surface area contributed by atoms with Gasteiger partial charge in [-0.1, -0.05) is 0 Å². The third-order valence-corrected chi connectivity index (χ3v) is 4.79. The summed E-state index contributed by atoms with van der Waals surface area (Å²) >= 11 is 0. The molecule has 2 aromatic rings. The summed E-state index contributed by atoms with van der Waals surface area (Å²) in [5.41, 5.74) is -0.0357. The predicted molar refractivity (Wildman–Crippen MR) is 88.7 cm³/mol. The van der Waals surface area contributed by atoms with E-state index in [1.54, 1.807) is 18.3 Å². The second kappa shape index (κ2) is 6.86. The van der Waals surface area contributed by atoms with Crippen LogP contribution >= 0.6 is 0 Å². The molecular weight excluding hydrogens is 306 g/mol. The highest BCUT2D eigenvalue weighted by molar-refractivity contribution is 5.08. The second-order valence-corrected chi connectivity index (χ2v) is 6.63. The fraction of sp³-hybridized carbons (Fsp3) is 0.588. The summed E-state index contributed by atoms with van der Waals surface area (Å²) < 4.78 is 7.37. The van der Waals surface area contributed by atoms with Gasteiger partial charge >= 0.3 is 0 Å². The maximum atomic E-state index is 11.7. The molecule has 0 radical (unpaired) electrons. The van der Waals surface area contributed by atoms with Gasteiger partial charge in [-0.2, -0.15) is 5.10 Å². The molecule has 0 spiro atoms. The Morgan fingerprint density at radius 1 is 1.12 bits per heavy atom. The SMILES string of the molecule is O=c1cccnn1CCN1CCN(Cc2ncc(C3CC3)o2)CC1. The fourth-order valence-corrected chi connectivity index (χ4v) is 3.11. The monoisotopic (exact) mass is 329 g/mol. The fourth-order valence-electron chi connectivity index (χ4n) is 3.11. The molecule has 0 N–H and O–H groups in total. The van der Waals surface area contributed by atoms with Crippen LogP contribution in [-0.2, 0) is 13.1 Å². The molecule has 4 rings (SSSR count). The molecular formula is C17H23N5O2. The van der Waals surface area contributed by atoms with E-state index in [1.807, 2.05) is 6.20 Å². The zero-order valence-electron chi connectivity index (χ0n) is 13.8. The van der Waals surface area contributed by atoms with Crippen LogP contribution in [0.3, 0.4) is 0 Å². The first kappa shape index (κ1) is 15.5. The molecule has 24 heavy (non-hydrogen) atoms. The highest BCUT2D eigenvalue weighted by Gasteiger charge is 2.28. The van der Waals surface area contributed by atoms with E-state index < -0.39 is 0 Å². The highest BCUT2D eigenvalue weighted by Crippen LogP contribution is 2.40. The average Bonchev–Trinajstić information content (AvgIpc) is 3.35. The Kier molecular flexibility index (Phi) is 4.44. The lowest BCUT2D eigenvalue weighted by atomic mass is 10.3. The molecule has 0 unspecified atom stereocenters. The van der Waals surface area contributed by atoms with Gasteiger partial charge in [-0.3, -0.25) is 14.6 Å². The standard InChI is InChI=1S/C17H23N5O2/c23-17-2-1-5-19-22(17)11-10-20-6-8-21(9-7-20)13-16-18-12-15(24-16)14-3-4-14/h1-2,5,12,14H,3-4,6-11,13H2. The molecule has 1 saturated heterocycles. The Hall–Kier alpha value is -1.99. The van der Waals surface area contributed by atoms with Gasteiger partial charge in [0, 0.05) is 50.9 Å². The molecule has 0 aromatic carbocycles. The summed E-state index contributed by atoms with van der Waals surface area (Å²) in [7, 11) is 0. The minimum Gasteiger partial charge on any atom is -0.444 e. The van der Waals surface area contributed by atoms with Crippen LogP contribution in [-0.4, -0.2) is 57.3 Å². The van der Waals surface area contributed by atoms with Crippen molar-refractivity contribution in [2.45, 2.75) is 31.8 Å². The van der Waals surface area contributed by atoms with Crippen LogP contribution in [0.5, 0.6) is 0 Å². The van der Waals surface area contributed by atoms with E-state index in [2.05, 4.69) is 19.9 Å². The molecule has 2 aliphatic rings. The van der Waals surface area contributed by atoms with Crippen molar-refractivity contribution in [2.75, 3.05) is 32.7 Å². The lowest BCUT2D eigenvalue weighted by Gasteiger charge is -2.33. The minimum absolute atomic E-state index is 0.0357. The summed E-state index contributed by atoms with van der Waals surface area (Å²) in [4.78, 5) is 20.8. The highest BCUT2D eigenvalue weighted by atomic mass is 16.4. The van der Waals surface area contributed by atoms with Crippen molar-refractivity contribution in [1.82, 2.24) is 24.6 Å². The van der Waals surface area contributed by atoms with Crippen LogP contribution in [0, 0.1) is 0 Å². The van der Waals surface area contributed by atoms with Crippen LogP contribution < -0.4 is 5.56 Å². The molecule has 1 saturated carbocycles. The van der Waals surface area contributed by atoms with Gasteiger partial charge in [0.05, 0.1) is 19.3 Å². The number of piperazine rings is 1. The number of nitrogens with zero attached hydrogens (tertiary/aromatic N) is 5. The molecule has 1 aliphatic carbocycles. The van der Waals surface area contributed by atoms with Crippen LogP contribution in [0.4, 0.5) is 0 Å². The van der Waals surface area contributed by atoms with E-state index in [0.717, 1.165) is 50.9 Å². The van der Waals surface area contributed by atoms with E-state index in [0.29, 0.717) is 12.5 Å². The number of rotatable bonds is 6. The zero-order chi connectivity index (χ0) is 16.4. The van der Waals surface area contributed by atoms with Crippen molar-refractivity contribution < 1.29 is 4.42 Å². The van der Waals surface area contributed by atoms with Crippen LogP contribution in [0.2, 0.25) is 0 Å². The van der Waals surface area contributed by atoms with Gasteiger partial charge in [0.1, 0.15) is 5.76 Å². The summed E-state index contributed by atoms with van der Waals surface area (Å²) in [5.74, 6) is 2.52. The minimum atomic E-state index is -0.0357. The van der Waals surface area contributed by atoms with E-state index >= 15 is 0 Å². The summed E-state index contributed by atoms with van der Waals surface area (Å²) in [6.07, 6.45) is 6.04. The van der Waals surface area contributed by atoms with Gasteiger partial charge in [-0.05, 0) is 18.9 Å². The summed E-state index contributed by atoms with van der Waals surface area (Å²) in [6.45, 7) is 6.28. The molecule has 1 aliphatic heterocycles. The lowest BCUT2D eigenvalue weighted by Crippen LogP contribution is -2.47. The Morgan fingerprint density at radius 3 is 2.67 bits per heavy atom. The van der Waals surface area contributed by atoms with E-state index in [4.69, 9.17) is 4.42 Å². The topological polar surface area (TPSA) is 67.4 Å². The third kappa shape index (κ3) is 3.73. The predicted octanol–water partition coefficient (Wildman–Crippen LogP) is 0.926. The molecule has 2 fully saturated rings. The van der Waals surface area contributed by atoms with Gasteiger partial charge < -0.3 is 4.42 Å². The molecule has 0 atom stereocenters. The van der Waals surface area contributed by atoms with Crippen molar-refractivity contribution >= 4 is 0 Å². The van der Waals surface area contributed by atoms with Gasteiger partial charge in [-0.15, -0.1) is 0 Å². The Bertz CT molecular complexity index is 728. The van der Waals surface area contributed by atoms with Gasteiger partial charge in [0.15, 0.2) is 0 Å². The zero-order valence-corrected chi connectivity index (χ0v) is 13.8. The van der Waals surface area contributed by atoms with E-state index in [1.165, 1.54) is 17.5 Å². The average molecular weight is 329 g/mol. The molecule has 3 heterocycles. The Morgan fingerprint density at radius 2 is 1.92 bits per heavy atom. The number of oxazole rings is 1. The van der Waals surface area contributed by atoms with Crippen LogP contribution in [0.25, 0.3) is 0 Å². The van der Waals surface area contributed by atoms with E-state index in [-0.39, 0.29) is 5.56 Å². The normalized spacial score (nSPS) is 19.7. The smallest absolute Gasteiger partial charge is 0.266 e. The van der Waals surface area contributed by atoms with Gasteiger partial charge in [-0.25, -0.2) is 9.67 Å². The second-order valence-electron chi connectivity index (χ2n) is 6.63. The first-order chi connectivity index (χ1) is 11.8. The Balaban J connectivity index is 1.23. The van der Waals surface area contributed by atoms with Gasteiger partial charge in [0.25, 0.3) is 5.56 Å². The quantitative estimate of drug-likeness (QED) is 0.785. The number of aromatic nitrogens is 3. The molecule has 2 aromatic heterocycles. The van der Waals surface area contributed by atoms with Crippen LogP contribution in [0.15, 0.2) is 33.7 Å².